The van der Waals surface area contributed by atoms with Gasteiger partial charge < -0.3 is 4.74 Å². The fourth-order valence-corrected chi connectivity index (χ4v) is 0.929. The zero-order valence-corrected chi connectivity index (χ0v) is 7.22. The summed E-state index contributed by atoms with van der Waals surface area (Å²) in [5.74, 6) is 0.682. The fraction of sp³-hybridized carbons (Fsp3) is 0.857. The van der Waals surface area contributed by atoms with Crippen LogP contribution in [-0.2, 0) is 4.74 Å². The van der Waals surface area contributed by atoms with E-state index in [1.165, 1.54) is 0 Å². The summed E-state index contributed by atoms with van der Waals surface area (Å²) in [6.45, 7) is 5.89. The molecule has 3 atom stereocenters. The molecular formula is C7H12ClNO. The van der Waals surface area contributed by atoms with Crippen molar-refractivity contribution in [3.8, 4) is 0 Å². The highest BCUT2D eigenvalue weighted by atomic mass is 35.5. The fourth-order valence-electron chi connectivity index (χ4n) is 0.821. The number of ether oxygens (including phenoxy) is 1. The highest BCUT2D eigenvalue weighted by molar-refractivity contribution is 6.30. The Morgan fingerprint density at radius 3 is 2.40 bits per heavy atom. The van der Waals surface area contributed by atoms with Gasteiger partial charge in [-0.2, -0.15) is 0 Å². The molecule has 1 aliphatic heterocycles. The predicted octanol–water partition coefficient (Wildman–Crippen LogP) is 1.82. The van der Waals surface area contributed by atoms with Crippen LogP contribution in [0.15, 0.2) is 4.99 Å². The Kier molecular flexibility index (Phi) is 2.19. The molecule has 58 valence electrons. The minimum atomic E-state index is -0.0904. The minimum absolute atomic E-state index is 0.0904. The van der Waals surface area contributed by atoms with Crippen molar-refractivity contribution in [1.29, 1.82) is 0 Å². The minimum Gasteiger partial charge on any atom is -0.475 e. The molecule has 0 saturated carbocycles. The monoisotopic (exact) mass is 161 g/mol. The second-order valence-corrected chi connectivity index (χ2v) is 3.30. The molecular weight excluding hydrogens is 150 g/mol. The van der Waals surface area contributed by atoms with E-state index in [1.807, 2.05) is 20.8 Å². The van der Waals surface area contributed by atoms with Crippen molar-refractivity contribution in [3.05, 3.63) is 0 Å². The third-order valence-electron chi connectivity index (χ3n) is 1.66. The van der Waals surface area contributed by atoms with Crippen molar-refractivity contribution in [2.75, 3.05) is 0 Å². The van der Waals surface area contributed by atoms with Crippen LogP contribution in [0, 0.1) is 0 Å². The van der Waals surface area contributed by atoms with Crippen molar-refractivity contribution in [3.63, 3.8) is 0 Å². The van der Waals surface area contributed by atoms with E-state index in [-0.39, 0.29) is 17.5 Å². The Bertz CT molecular complexity index is 156. The quantitative estimate of drug-likeness (QED) is 0.538. The normalized spacial score (nSPS) is 35.0. The lowest BCUT2D eigenvalue weighted by Crippen LogP contribution is -2.17. The molecule has 10 heavy (non-hydrogen) atoms. The van der Waals surface area contributed by atoms with Gasteiger partial charge in [-0.25, -0.2) is 4.99 Å². The summed E-state index contributed by atoms with van der Waals surface area (Å²) in [7, 11) is 0. The molecule has 0 saturated heterocycles. The van der Waals surface area contributed by atoms with E-state index in [9.17, 15) is 0 Å². The van der Waals surface area contributed by atoms with Crippen molar-refractivity contribution in [2.24, 2.45) is 4.99 Å². The van der Waals surface area contributed by atoms with Gasteiger partial charge in [0, 0.05) is 0 Å². The third kappa shape index (κ3) is 1.43. The van der Waals surface area contributed by atoms with Crippen LogP contribution >= 0.6 is 11.6 Å². The molecule has 1 rings (SSSR count). The average molecular weight is 162 g/mol. The van der Waals surface area contributed by atoms with Gasteiger partial charge >= 0.3 is 0 Å². The average Bonchev–Trinajstić information content (AvgIpc) is 2.13. The van der Waals surface area contributed by atoms with Gasteiger partial charge in [-0.15, -0.1) is 11.6 Å². The molecule has 3 heteroatoms. The zero-order valence-electron chi connectivity index (χ0n) is 6.47. The van der Waals surface area contributed by atoms with E-state index >= 15 is 0 Å². The van der Waals surface area contributed by atoms with Crippen molar-refractivity contribution in [2.45, 2.75) is 38.3 Å². The van der Waals surface area contributed by atoms with E-state index in [2.05, 4.69) is 4.99 Å². The summed E-state index contributed by atoms with van der Waals surface area (Å²) in [5.41, 5.74) is 0. The molecule has 0 spiro atoms. The van der Waals surface area contributed by atoms with Crippen LogP contribution in [0.25, 0.3) is 0 Å². The van der Waals surface area contributed by atoms with Crippen LogP contribution in [0.2, 0.25) is 0 Å². The van der Waals surface area contributed by atoms with Crippen LogP contribution in [0.1, 0.15) is 20.8 Å². The molecule has 1 aliphatic rings. The summed E-state index contributed by atoms with van der Waals surface area (Å²) >= 11 is 5.76. The zero-order chi connectivity index (χ0) is 7.72. The van der Waals surface area contributed by atoms with Crippen LogP contribution in [0.3, 0.4) is 0 Å². The number of hydrogen-bond acceptors (Lipinski definition) is 2. The maximum absolute atomic E-state index is 5.76. The van der Waals surface area contributed by atoms with Gasteiger partial charge in [0.25, 0.3) is 0 Å². The Morgan fingerprint density at radius 2 is 2.20 bits per heavy atom. The Hall–Kier alpha value is -0.240. The summed E-state index contributed by atoms with van der Waals surface area (Å²) in [4.78, 5) is 4.23. The number of halogens is 1. The molecule has 0 aromatic heterocycles. The Morgan fingerprint density at radius 1 is 1.60 bits per heavy atom. The molecule has 3 unspecified atom stereocenters. The maximum Gasteiger partial charge on any atom is 0.202 e. The first-order valence-corrected chi connectivity index (χ1v) is 3.93. The number of aliphatic imine (C=N–C) groups is 1. The molecule has 2 nitrogen and oxygen atoms in total. The second-order valence-electron chi connectivity index (χ2n) is 2.65. The Balaban J connectivity index is 2.58. The van der Waals surface area contributed by atoms with Gasteiger partial charge in [-0.3, -0.25) is 0 Å². The standard InChI is InChI=1S/C7H12ClNO/c1-4(8)7-9-5(2)6(3)10-7/h4-6H,1-3H3. The largest absolute Gasteiger partial charge is 0.475 e. The Labute approximate surface area is 66.2 Å². The summed E-state index contributed by atoms with van der Waals surface area (Å²) in [5, 5.41) is -0.0904. The molecule has 0 fully saturated rings. The van der Waals surface area contributed by atoms with Gasteiger partial charge in [-0.05, 0) is 20.8 Å². The highest BCUT2D eigenvalue weighted by Crippen LogP contribution is 2.16. The molecule has 0 aliphatic carbocycles. The van der Waals surface area contributed by atoms with Crippen molar-refractivity contribution in [1.82, 2.24) is 0 Å². The number of rotatable bonds is 1. The molecule has 0 N–H and O–H groups in total. The smallest absolute Gasteiger partial charge is 0.202 e. The first kappa shape index (κ1) is 7.86. The van der Waals surface area contributed by atoms with E-state index < -0.39 is 0 Å². The predicted molar refractivity (Wildman–Crippen MR) is 42.8 cm³/mol. The summed E-state index contributed by atoms with van der Waals surface area (Å²) in [6, 6.07) is 0.260. The topological polar surface area (TPSA) is 21.6 Å². The summed E-state index contributed by atoms with van der Waals surface area (Å²) < 4.78 is 5.35. The molecule has 0 aromatic rings. The lowest BCUT2D eigenvalue weighted by Gasteiger charge is -2.08. The second kappa shape index (κ2) is 2.79. The van der Waals surface area contributed by atoms with E-state index in [4.69, 9.17) is 16.3 Å². The van der Waals surface area contributed by atoms with E-state index in [0.717, 1.165) is 0 Å². The number of nitrogens with zero attached hydrogens (tertiary/aromatic N) is 1. The molecule has 0 radical (unpaired) electrons. The van der Waals surface area contributed by atoms with Gasteiger partial charge in [0.15, 0.2) is 0 Å². The van der Waals surface area contributed by atoms with Crippen LogP contribution < -0.4 is 0 Å². The van der Waals surface area contributed by atoms with Crippen molar-refractivity contribution < 1.29 is 4.74 Å². The number of hydrogen-bond donors (Lipinski definition) is 0. The molecule has 1 heterocycles. The van der Waals surface area contributed by atoms with Gasteiger partial charge in [0.2, 0.25) is 5.90 Å². The summed E-state index contributed by atoms with van der Waals surface area (Å²) in [6.07, 6.45) is 0.191. The van der Waals surface area contributed by atoms with Crippen LogP contribution in [0.5, 0.6) is 0 Å². The van der Waals surface area contributed by atoms with Gasteiger partial charge in [-0.1, -0.05) is 0 Å². The van der Waals surface area contributed by atoms with E-state index in [0.29, 0.717) is 5.90 Å². The molecule has 0 bridgehead atoms. The lowest BCUT2D eigenvalue weighted by molar-refractivity contribution is 0.214. The highest BCUT2D eigenvalue weighted by Gasteiger charge is 2.25. The molecule has 0 amide bonds. The van der Waals surface area contributed by atoms with Gasteiger partial charge in [0.05, 0.1) is 6.04 Å². The number of alkyl halides is 1. The van der Waals surface area contributed by atoms with Crippen LogP contribution in [0.4, 0.5) is 0 Å². The molecule has 0 aromatic carbocycles. The van der Waals surface area contributed by atoms with Gasteiger partial charge in [0.1, 0.15) is 11.5 Å². The first-order chi connectivity index (χ1) is 4.61. The van der Waals surface area contributed by atoms with E-state index in [1.54, 1.807) is 0 Å². The van der Waals surface area contributed by atoms with Crippen LogP contribution in [-0.4, -0.2) is 23.4 Å². The SMILES string of the molecule is CC(Cl)C1=NC(C)C(C)O1. The maximum atomic E-state index is 5.76. The lowest BCUT2D eigenvalue weighted by atomic mass is 10.2. The van der Waals surface area contributed by atoms with Crippen molar-refractivity contribution >= 4 is 17.5 Å². The first-order valence-electron chi connectivity index (χ1n) is 3.49. The third-order valence-corrected chi connectivity index (χ3v) is 1.84.